The van der Waals surface area contributed by atoms with E-state index >= 15 is 0 Å². The SMILES string of the molecule is Cc1cc(I)cc(C)c1-n1c(CC(C)(C)C)nnc1-c1ccccc1. The van der Waals surface area contributed by atoms with Crippen LogP contribution in [0, 0.1) is 22.8 Å². The highest BCUT2D eigenvalue weighted by atomic mass is 127. The monoisotopic (exact) mass is 445 g/mol. The third kappa shape index (κ3) is 3.94. The molecule has 0 saturated heterocycles. The fourth-order valence-electron chi connectivity index (χ4n) is 3.17. The van der Waals surface area contributed by atoms with Gasteiger partial charge in [-0.05, 0) is 65.1 Å². The van der Waals surface area contributed by atoms with Crippen LogP contribution in [0.15, 0.2) is 42.5 Å². The van der Waals surface area contributed by atoms with Crippen molar-refractivity contribution in [2.24, 2.45) is 5.41 Å². The van der Waals surface area contributed by atoms with Crippen LogP contribution in [0.4, 0.5) is 0 Å². The number of hydrogen-bond acceptors (Lipinski definition) is 2. The molecule has 0 amide bonds. The van der Waals surface area contributed by atoms with E-state index in [1.165, 1.54) is 20.4 Å². The summed E-state index contributed by atoms with van der Waals surface area (Å²) in [6, 6.07) is 14.8. The van der Waals surface area contributed by atoms with Gasteiger partial charge in [0.15, 0.2) is 5.82 Å². The van der Waals surface area contributed by atoms with Gasteiger partial charge in [0.25, 0.3) is 0 Å². The highest BCUT2D eigenvalue weighted by Crippen LogP contribution is 2.31. The van der Waals surface area contributed by atoms with E-state index in [1.54, 1.807) is 0 Å². The van der Waals surface area contributed by atoms with Gasteiger partial charge in [-0.2, -0.15) is 0 Å². The first kappa shape index (κ1) is 18.1. The summed E-state index contributed by atoms with van der Waals surface area (Å²) in [4.78, 5) is 0. The van der Waals surface area contributed by atoms with Gasteiger partial charge >= 0.3 is 0 Å². The molecule has 0 bridgehead atoms. The van der Waals surface area contributed by atoms with Crippen LogP contribution in [-0.4, -0.2) is 14.8 Å². The summed E-state index contributed by atoms with van der Waals surface area (Å²) in [5, 5.41) is 9.13. The molecule has 0 radical (unpaired) electrons. The fourth-order valence-corrected chi connectivity index (χ4v) is 4.10. The van der Waals surface area contributed by atoms with Crippen LogP contribution in [-0.2, 0) is 6.42 Å². The Morgan fingerprint density at radius 2 is 1.56 bits per heavy atom. The van der Waals surface area contributed by atoms with Gasteiger partial charge in [0.05, 0.1) is 5.69 Å². The Morgan fingerprint density at radius 3 is 2.12 bits per heavy atom. The minimum absolute atomic E-state index is 0.143. The standard InChI is InChI=1S/C21H24IN3/c1-14-11-17(22)12-15(2)19(14)25-18(13-21(3,4)5)23-24-20(25)16-9-7-6-8-10-16/h6-12H,13H2,1-5H3. The lowest BCUT2D eigenvalue weighted by atomic mass is 9.91. The molecule has 2 aromatic carbocycles. The van der Waals surface area contributed by atoms with E-state index in [-0.39, 0.29) is 5.41 Å². The lowest BCUT2D eigenvalue weighted by Gasteiger charge is -2.21. The molecule has 25 heavy (non-hydrogen) atoms. The molecule has 3 rings (SSSR count). The lowest BCUT2D eigenvalue weighted by Crippen LogP contribution is -2.15. The molecule has 0 fully saturated rings. The molecular formula is C21H24IN3. The molecule has 0 aliphatic rings. The van der Waals surface area contributed by atoms with Gasteiger partial charge in [0.1, 0.15) is 5.82 Å². The topological polar surface area (TPSA) is 30.7 Å². The first-order valence-corrected chi connectivity index (χ1v) is 9.61. The fraction of sp³-hybridized carbons (Fsp3) is 0.333. The maximum Gasteiger partial charge on any atom is 0.168 e. The molecule has 1 aromatic heterocycles. The van der Waals surface area contributed by atoms with Gasteiger partial charge in [-0.15, -0.1) is 10.2 Å². The predicted molar refractivity (Wildman–Crippen MR) is 112 cm³/mol. The van der Waals surface area contributed by atoms with E-state index in [1.807, 2.05) is 18.2 Å². The summed E-state index contributed by atoms with van der Waals surface area (Å²) < 4.78 is 3.50. The van der Waals surface area contributed by atoms with Gasteiger partial charge in [-0.3, -0.25) is 4.57 Å². The Labute approximate surface area is 163 Å². The molecule has 3 aromatic rings. The van der Waals surface area contributed by atoms with Gasteiger partial charge in [-0.1, -0.05) is 51.1 Å². The number of aryl methyl sites for hydroxylation is 2. The lowest BCUT2D eigenvalue weighted by molar-refractivity contribution is 0.398. The zero-order chi connectivity index (χ0) is 18.2. The Kier molecular flexibility index (Phi) is 5.00. The van der Waals surface area contributed by atoms with E-state index in [4.69, 9.17) is 0 Å². The van der Waals surface area contributed by atoms with Crippen molar-refractivity contribution in [3.05, 3.63) is 63.0 Å². The minimum Gasteiger partial charge on any atom is -0.278 e. The maximum absolute atomic E-state index is 4.57. The van der Waals surface area contributed by atoms with Crippen LogP contribution >= 0.6 is 22.6 Å². The Hall–Kier alpha value is -1.69. The first-order chi connectivity index (χ1) is 11.8. The maximum atomic E-state index is 4.57. The summed E-state index contributed by atoms with van der Waals surface area (Å²) in [6.45, 7) is 11.0. The van der Waals surface area contributed by atoms with Gasteiger partial charge in [0, 0.05) is 15.6 Å². The Bertz CT molecular complexity index is 866. The third-order valence-corrected chi connectivity index (χ3v) is 4.75. The highest BCUT2D eigenvalue weighted by Gasteiger charge is 2.22. The quantitative estimate of drug-likeness (QED) is 0.481. The van der Waals surface area contributed by atoms with E-state index < -0.39 is 0 Å². The van der Waals surface area contributed by atoms with Crippen molar-refractivity contribution in [1.29, 1.82) is 0 Å². The number of hydrogen-bond donors (Lipinski definition) is 0. The van der Waals surface area contributed by atoms with Crippen molar-refractivity contribution in [2.45, 2.75) is 41.0 Å². The first-order valence-electron chi connectivity index (χ1n) is 8.53. The third-order valence-electron chi connectivity index (χ3n) is 4.13. The number of nitrogens with zero attached hydrogens (tertiary/aromatic N) is 3. The Morgan fingerprint density at radius 1 is 0.960 bits per heavy atom. The van der Waals surface area contributed by atoms with E-state index in [0.717, 1.165) is 23.6 Å². The molecule has 130 valence electrons. The molecule has 0 saturated carbocycles. The van der Waals surface area contributed by atoms with Crippen LogP contribution in [0.25, 0.3) is 17.1 Å². The van der Waals surface area contributed by atoms with Gasteiger partial charge in [-0.25, -0.2) is 0 Å². The molecule has 0 aliphatic carbocycles. The van der Waals surface area contributed by atoms with Crippen LogP contribution in [0.1, 0.15) is 37.7 Å². The van der Waals surface area contributed by atoms with Crippen LogP contribution in [0.2, 0.25) is 0 Å². The number of benzene rings is 2. The van der Waals surface area contributed by atoms with Crippen LogP contribution in [0.5, 0.6) is 0 Å². The zero-order valence-electron chi connectivity index (χ0n) is 15.5. The zero-order valence-corrected chi connectivity index (χ0v) is 17.6. The van der Waals surface area contributed by atoms with Crippen molar-refractivity contribution in [1.82, 2.24) is 14.8 Å². The number of aromatic nitrogens is 3. The summed E-state index contributed by atoms with van der Waals surface area (Å²) in [7, 11) is 0. The number of rotatable bonds is 3. The Balaban J connectivity index is 2.28. The second-order valence-corrected chi connectivity index (χ2v) is 9.01. The summed E-state index contributed by atoms with van der Waals surface area (Å²) in [6.07, 6.45) is 0.873. The normalized spacial score (nSPS) is 11.8. The molecule has 0 aliphatic heterocycles. The van der Waals surface area contributed by atoms with E-state index in [2.05, 4.69) is 96.2 Å². The summed E-state index contributed by atoms with van der Waals surface area (Å²) in [5.41, 5.74) is 4.92. The average Bonchev–Trinajstić information content (AvgIpc) is 2.89. The molecule has 0 atom stereocenters. The second kappa shape index (κ2) is 6.90. The van der Waals surface area contributed by atoms with E-state index in [0.29, 0.717) is 0 Å². The summed E-state index contributed by atoms with van der Waals surface area (Å²) in [5.74, 6) is 1.92. The molecular weight excluding hydrogens is 421 g/mol. The summed E-state index contributed by atoms with van der Waals surface area (Å²) >= 11 is 2.38. The van der Waals surface area contributed by atoms with Gasteiger partial charge in [0.2, 0.25) is 0 Å². The number of halogens is 1. The van der Waals surface area contributed by atoms with Gasteiger partial charge < -0.3 is 0 Å². The molecule has 0 unspecified atom stereocenters. The molecule has 1 heterocycles. The molecule has 0 spiro atoms. The van der Waals surface area contributed by atoms with Crippen LogP contribution < -0.4 is 0 Å². The average molecular weight is 445 g/mol. The highest BCUT2D eigenvalue weighted by molar-refractivity contribution is 14.1. The van der Waals surface area contributed by atoms with Crippen LogP contribution in [0.3, 0.4) is 0 Å². The van der Waals surface area contributed by atoms with Crippen molar-refractivity contribution in [3.8, 4) is 17.1 Å². The second-order valence-electron chi connectivity index (χ2n) is 7.77. The van der Waals surface area contributed by atoms with Crippen molar-refractivity contribution < 1.29 is 0 Å². The predicted octanol–water partition coefficient (Wildman–Crippen LogP) is 5.74. The van der Waals surface area contributed by atoms with E-state index in [9.17, 15) is 0 Å². The molecule has 3 nitrogen and oxygen atoms in total. The molecule has 4 heteroatoms. The largest absolute Gasteiger partial charge is 0.278 e. The van der Waals surface area contributed by atoms with Crippen molar-refractivity contribution >= 4 is 22.6 Å². The van der Waals surface area contributed by atoms with Crippen molar-refractivity contribution in [3.63, 3.8) is 0 Å². The minimum atomic E-state index is 0.143. The molecule has 0 N–H and O–H groups in total. The van der Waals surface area contributed by atoms with Crippen molar-refractivity contribution in [2.75, 3.05) is 0 Å². The smallest absolute Gasteiger partial charge is 0.168 e.